The van der Waals surface area contributed by atoms with E-state index in [1.807, 2.05) is 11.8 Å². The summed E-state index contributed by atoms with van der Waals surface area (Å²) in [6.07, 6.45) is 1.75. The Bertz CT molecular complexity index is 325. The minimum atomic E-state index is 0.271. The molecule has 4 heteroatoms. The molecule has 0 spiro atoms. The van der Waals surface area contributed by atoms with Gasteiger partial charge in [0, 0.05) is 10.9 Å². The minimum Gasteiger partial charge on any atom is -0.334 e. The molecule has 0 atom stereocenters. The fourth-order valence-corrected chi connectivity index (χ4v) is 1.66. The van der Waals surface area contributed by atoms with Gasteiger partial charge in [-0.2, -0.15) is 0 Å². The molecule has 0 aliphatic carbocycles. The summed E-state index contributed by atoms with van der Waals surface area (Å²) in [6.45, 7) is 6.57. The van der Waals surface area contributed by atoms with Gasteiger partial charge in [-0.25, -0.2) is 4.98 Å². The first kappa shape index (κ1) is 10.7. The fourth-order valence-electron chi connectivity index (χ4n) is 0.769. The van der Waals surface area contributed by atoms with Gasteiger partial charge in [0.15, 0.2) is 0 Å². The number of aromatic amines is 1. The zero-order chi connectivity index (χ0) is 9.90. The van der Waals surface area contributed by atoms with Crippen LogP contribution >= 0.6 is 24.0 Å². The lowest BCUT2D eigenvalue weighted by Gasteiger charge is -2.16. The van der Waals surface area contributed by atoms with Crippen molar-refractivity contribution in [2.45, 2.75) is 31.3 Å². The average Bonchev–Trinajstić information content (AvgIpc) is 2.00. The van der Waals surface area contributed by atoms with Crippen LogP contribution < -0.4 is 0 Å². The van der Waals surface area contributed by atoms with Gasteiger partial charge < -0.3 is 4.98 Å². The van der Waals surface area contributed by atoms with Crippen molar-refractivity contribution in [3.63, 3.8) is 0 Å². The van der Waals surface area contributed by atoms with E-state index in [4.69, 9.17) is 12.2 Å². The number of thioether (sulfide) groups is 1. The van der Waals surface area contributed by atoms with Crippen LogP contribution in [0.1, 0.15) is 26.6 Å². The summed E-state index contributed by atoms with van der Waals surface area (Å²) in [6, 6.07) is 1.79. The maximum Gasteiger partial charge on any atom is 0.117 e. The third-order valence-corrected chi connectivity index (χ3v) is 2.89. The van der Waals surface area contributed by atoms with Crippen molar-refractivity contribution >= 4 is 24.0 Å². The fraction of sp³-hybridized carbons (Fsp3) is 0.556. The maximum atomic E-state index is 5.00. The van der Waals surface area contributed by atoms with Gasteiger partial charge in [-0.1, -0.05) is 33.0 Å². The van der Waals surface area contributed by atoms with Gasteiger partial charge in [0.25, 0.3) is 0 Å². The molecule has 1 aromatic heterocycles. The molecular formula is C9H14N2S2. The molecule has 1 heterocycles. The Labute approximate surface area is 88.2 Å². The van der Waals surface area contributed by atoms with Crippen molar-refractivity contribution in [2.75, 3.05) is 0 Å². The number of H-pyrrole nitrogens is 1. The first-order valence-electron chi connectivity index (χ1n) is 4.15. The molecule has 0 aromatic carbocycles. The van der Waals surface area contributed by atoms with Crippen LogP contribution in [0, 0.1) is 4.64 Å². The highest BCUT2D eigenvalue weighted by atomic mass is 32.2. The molecule has 0 saturated heterocycles. The lowest BCUT2D eigenvalue weighted by atomic mass is 10.3. The summed E-state index contributed by atoms with van der Waals surface area (Å²) in [4.78, 5) is 7.26. The monoisotopic (exact) mass is 214 g/mol. The van der Waals surface area contributed by atoms with Gasteiger partial charge in [0.1, 0.15) is 10.5 Å². The lowest BCUT2D eigenvalue weighted by molar-refractivity contribution is 0.800. The molecule has 0 radical (unpaired) electrons. The second-order valence-electron chi connectivity index (χ2n) is 3.78. The van der Waals surface area contributed by atoms with Crippen molar-refractivity contribution in [1.29, 1.82) is 0 Å². The third kappa shape index (κ3) is 4.43. The molecule has 0 amide bonds. The molecule has 1 aromatic rings. The van der Waals surface area contributed by atoms with Crippen LogP contribution in [0.25, 0.3) is 0 Å². The van der Waals surface area contributed by atoms with Gasteiger partial charge in [0.2, 0.25) is 0 Å². The highest BCUT2D eigenvalue weighted by molar-refractivity contribution is 7.99. The minimum absolute atomic E-state index is 0.271. The SMILES string of the molecule is CC(C)(C)SCc1nccc(=S)[nH]1. The number of hydrogen-bond donors (Lipinski definition) is 1. The van der Waals surface area contributed by atoms with Crippen LogP contribution in [0.3, 0.4) is 0 Å². The van der Waals surface area contributed by atoms with Crippen LogP contribution in [0.5, 0.6) is 0 Å². The van der Waals surface area contributed by atoms with Gasteiger partial charge in [0.05, 0.1) is 5.75 Å². The highest BCUT2D eigenvalue weighted by Crippen LogP contribution is 2.25. The van der Waals surface area contributed by atoms with Crippen molar-refractivity contribution in [2.24, 2.45) is 0 Å². The topological polar surface area (TPSA) is 28.7 Å². The molecule has 72 valence electrons. The summed E-state index contributed by atoms with van der Waals surface area (Å²) in [5, 5.41) is 0. The van der Waals surface area contributed by atoms with Gasteiger partial charge >= 0.3 is 0 Å². The zero-order valence-corrected chi connectivity index (χ0v) is 9.76. The average molecular weight is 214 g/mol. The third-order valence-electron chi connectivity index (χ3n) is 1.37. The van der Waals surface area contributed by atoms with E-state index in [0.717, 1.165) is 16.2 Å². The van der Waals surface area contributed by atoms with Crippen LogP contribution in [0.4, 0.5) is 0 Å². The molecule has 0 aliphatic rings. The van der Waals surface area contributed by atoms with E-state index in [9.17, 15) is 0 Å². The molecule has 0 aliphatic heterocycles. The smallest absolute Gasteiger partial charge is 0.117 e. The Morgan fingerprint density at radius 2 is 2.23 bits per heavy atom. The van der Waals surface area contributed by atoms with E-state index in [1.165, 1.54) is 0 Å². The van der Waals surface area contributed by atoms with Crippen LogP contribution in [0.2, 0.25) is 0 Å². The van der Waals surface area contributed by atoms with E-state index in [2.05, 4.69) is 30.7 Å². The molecule has 1 rings (SSSR count). The first-order valence-corrected chi connectivity index (χ1v) is 5.55. The molecule has 13 heavy (non-hydrogen) atoms. The maximum absolute atomic E-state index is 5.00. The predicted molar refractivity (Wildman–Crippen MR) is 60.5 cm³/mol. The van der Waals surface area contributed by atoms with E-state index in [-0.39, 0.29) is 4.75 Å². The van der Waals surface area contributed by atoms with Crippen LogP contribution in [0.15, 0.2) is 12.3 Å². The van der Waals surface area contributed by atoms with Gasteiger partial charge in [-0.15, -0.1) is 11.8 Å². The Hall–Kier alpha value is -0.350. The van der Waals surface area contributed by atoms with Crippen LogP contribution in [-0.4, -0.2) is 14.7 Å². The second kappa shape index (κ2) is 4.24. The molecule has 0 saturated carbocycles. The van der Waals surface area contributed by atoms with Crippen molar-refractivity contribution < 1.29 is 0 Å². The second-order valence-corrected chi connectivity index (χ2v) is 6.02. The Morgan fingerprint density at radius 1 is 1.54 bits per heavy atom. The van der Waals surface area contributed by atoms with E-state index >= 15 is 0 Å². The van der Waals surface area contributed by atoms with Gasteiger partial charge in [-0.05, 0) is 6.07 Å². The Balaban J connectivity index is 2.60. The predicted octanol–water partition coefficient (Wildman–Crippen LogP) is 3.17. The van der Waals surface area contributed by atoms with Gasteiger partial charge in [-0.3, -0.25) is 0 Å². The molecule has 0 fully saturated rings. The first-order chi connectivity index (χ1) is 5.97. The summed E-state index contributed by atoms with van der Waals surface area (Å²) in [7, 11) is 0. The largest absolute Gasteiger partial charge is 0.334 e. The summed E-state index contributed by atoms with van der Waals surface area (Å²) in [5.74, 6) is 1.83. The van der Waals surface area contributed by atoms with E-state index in [0.29, 0.717) is 0 Å². The number of hydrogen-bond acceptors (Lipinski definition) is 3. The summed E-state index contributed by atoms with van der Waals surface area (Å²) in [5.41, 5.74) is 0. The standard InChI is InChI=1S/C9H14N2S2/c1-9(2,3)13-6-7-10-5-4-8(12)11-7/h4-5H,6H2,1-3H3,(H,10,11,12). The normalized spacial score (nSPS) is 11.6. The molecule has 0 bridgehead atoms. The molecule has 0 unspecified atom stereocenters. The number of nitrogens with one attached hydrogen (secondary N) is 1. The molecule has 1 N–H and O–H groups in total. The quantitative estimate of drug-likeness (QED) is 0.767. The number of rotatable bonds is 2. The Kier molecular flexibility index (Phi) is 3.50. The zero-order valence-electron chi connectivity index (χ0n) is 8.13. The Morgan fingerprint density at radius 3 is 2.77 bits per heavy atom. The highest BCUT2D eigenvalue weighted by Gasteiger charge is 2.10. The summed E-state index contributed by atoms with van der Waals surface area (Å²) >= 11 is 6.86. The molecule has 2 nitrogen and oxygen atoms in total. The number of nitrogens with zero attached hydrogens (tertiary/aromatic N) is 1. The van der Waals surface area contributed by atoms with Crippen molar-refractivity contribution in [3.8, 4) is 0 Å². The molecular weight excluding hydrogens is 200 g/mol. The lowest BCUT2D eigenvalue weighted by Crippen LogP contribution is -2.08. The van der Waals surface area contributed by atoms with Crippen molar-refractivity contribution in [1.82, 2.24) is 9.97 Å². The number of aromatic nitrogens is 2. The van der Waals surface area contributed by atoms with Crippen molar-refractivity contribution in [3.05, 3.63) is 22.7 Å². The van der Waals surface area contributed by atoms with Crippen LogP contribution in [-0.2, 0) is 5.75 Å². The summed E-state index contributed by atoms with van der Waals surface area (Å²) < 4.78 is 1.02. The van der Waals surface area contributed by atoms with E-state index < -0.39 is 0 Å². The van der Waals surface area contributed by atoms with E-state index in [1.54, 1.807) is 12.3 Å².